The van der Waals surface area contributed by atoms with Crippen LogP contribution in [0.5, 0.6) is 0 Å². The van der Waals surface area contributed by atoms with Crippen LogP contribution >= 0.6 is 11.6 Å². The van der Waals surface area contributed by atoms with Crippen LogP contribution in [0.4, 0.5) is 5.82 Å². The predicted octanol–water partition coefficient (Wildman–Crippen LogP) is 2.44. The number of aryl methyl sites for hydroxylation is 1. The van der Waals surface area contributed by atoms with Crippen molar-refractivity contribution in [1.29, 1.82) is 5.26 Å². The van der Waals surface area contributed by atoms with Gasteiger partial charge in [0.15, 0.2) is 5.82 Å². The second kappa shape index (κ2) is 5.54. The molecule has 5 rings (SSSR count). The summed E-state index contributed by atoms with van der Waals surface area (Å²) < 4.78 is 3.32. The Kier molecular flexibility index (Phi) is 3.34. The van der Waals surface area contributed by atoms with Gasteiger partial charge in [-0.3, -0.25) is 14.4 Å². The number of nitrogens with zero attached hydrogens (tertiary/aromatic N) is 7. The van der Waals surface area contributed by atoms with Crippen LogP contribution < -0.4 is 4.90 Å². The fourth-order valence-corrected chi connectivity index (χ4v) is 4.15. The first kappa shape index (κ1) is 16.3. The summed E-state index contributed by atoms with van der Waals surface area (Å²) >= 11 is 6.34. The lowest BCUT2D eigenvalue weighted by molar-refractivity contribution is -0.123. The van der Waals surface area contributed by atoms with E-state index in [2.05, 4.69) is 16.3 Å². The van der Waals surface area contributed by atoms with Crippen molar-refractivity contribution in [3.63, 3.8) is 0 Å². The maximum absolute atomic E-state index is 13.2. The largest absolute Gasteiger partial charge is 0.293 e. The summed E-state index contributed by atoms with van der Waals surface area (Å²) in [6.07, 6.45) is 9.23. The minimum Gasteiger partial charge on any atom is -0.293 e. The van der Waals surface area contributed by atoms with E-state index in [1.165, 1.54) is 6.20 Å². The lowest BCUT2D eigenvalue weighted by atomic mass is 9.83. The normalized spacial score (nSPS) is 22.6. The molecule has 0 N–H and O–H groups in total. The predicted molar refractivity (Wildman–Crippen MR) is 97.9 cm³/mol. The molecule has 0 radical (unpaired) electrons. The first-order valence-electron chi connectivity index (χ1n) is 8.79. The molecular formula is C18H16ClN7O. The van der Waals surface area contributed by atoms with E-state index in [1.807, 2.05) is 13.2 Å². The SMILES string of the molecule is Cn1cc(-c2cn3ncc(Cl)c3c(N3CC[C@@](C#N)(C4CC4)C3=O)n2)cn1. The van der Waals surface area contributed by atoms with Crippen LogP contribution in [0.25, 0.3) is 16.8 Å². The Balaban J connectivity index is 1.67. The Bertz CT molecular complexity index is 1120. The Morgan fingerprint density at radius 1 is 1.30 bits per heavy atom. The van der Waals surface area contributed by atoms with Crippen LogP contribution in [-0.2, 0) is 11.8 Å². The molecule has 1 saturated carbocycles. The van der Waals surface area contributed by atoms with Crippen molar-refractivity contribution in [3.05, 3.63) is 29.8 Å². The lowest BCUT2D eigenvalue weighted by Gasteiger charge is -2.21. The Morgan fingerprint density at radius 2 is 2.11 bits per heavy atom. The Hall–Kier alpha value is -2.92. The van der Waals surface area contributed by atoms with Gasteiger partial charge in [0.2, 0.25) is 5.91 Å². The molecule has 0 bridgehead atoms. The van der Waals surface area contributed by atoms with Gasteiger partial charge in [-0.1, -0.05) is 11.6 Å². The third-order valence-corrected chi connectivity index (χ3v) is 5.80. The number of nitriles is 1. The molecule has 0 unspecified atom stereocenters. The highest BCUT2D eigenvalue weighted by molar-refractivity contribution is 6.34. The second-order valence-corrected chi connectivity index (χ2v) is 7.61. The highest BCUT2D eigenvalue weighted by atomic mass is 35.5. The van der Waals surface area contributed by atoms with Crippen LogP contribution in [0.15, 0.2) is 24.8 Å². The number of fused-ring (bicyclic) bond motifs is 1. The number of amides is 1. The van der Waals surface area contributed by atoms with Crippen molar-refractivity contribution in [2.24, 2.45) is 18.4 Å². The van der Waals surface area contributed by atoms with Crippen molar-refractivity contribution in [1.82, 2.24) is 24.4 Å². The molecule has 1 amide bonds. The number of hydrogen-bond acceptors (Lipinski definition) is 5. The van der Waals surface area contributed by atoms with Crippen LogP contribution in [0.3, 0.4) is 0 Å². The fraction of sp³-hybridized carbons (Fsp3) is 0.389. The zero-order chi connectivity index (χ0) is 18.8. The van der Waals surface area contributed by atoms with E-state index in [1.54, 1.807) is 26.5 Å². The zero-order valence-corrected chi connectivity index (χ0v) is 15.4. The number of carbonyl (C=O) groups is 1. The average molecular weight is 382 g/mol. The first-order valence-corrected chi connectivity index (χ1v) is 9.17. The topological polar surface area (TPSA) is 92.1 Å². The molecule has 8 nitrogen and oxygen atoms in total. The highest BCUT2D eigenvalue weighted by Crippen LogP contribution is 2.52. The summed E-state index contributed by atoms with van der Waals surface area (Å²) in [4.78, 5) is 19.6. The molecule has 1 aliphatic heterocycles. The Labute approximate surface area is 160 Å². The van der Waals surface area contributed by atoms with Gasteiger partial charge in [-0.15, -0.1) is 0 Å². The van der Waals surface area contributed by atoms with E-state index in [4.69, 9.17) is 16.6 Å². The third-order valence-electron chi connectivity index (χ3n) is 5.52. The van der Waals surface area contributed by atoms with Crippen molar-refractivity contribution < 1.29 is 4.79 Å². The molecule has 2 fully saturated rings. The summed E-state index contributed by atoms with van der Waals surface area (Å²) in [7, 11) is 1.83. The van der Waals surface area contributed by atoms with Crippen LogP contribution in [0, 0.1) is 22.7 Å². The summed E-state index contributed by atoms with van der Waals surface area (Å²) in [6, 6.07) is 2.31. The van der Waals surface area contributed by atoms with Gasteiger partial charge in [0.05, 0.1) is 35.4 Å². The van der Waals surface area contributed by atoms with E-state index in [-0.39, 0.29) is 11.8 Å². The monoisotopic (exact) mass is 381 g/mol. The van der Waals surface area contributed by atoms with E-state index >= 15 is 0 Å². The molecule has 1 aliphatic carbocycles. The standard InChI is InChI=1S/C18H16ClN7O/c1-24-8-11(6-21-24)14-9-26-15(13(19)7-22-26)16(23-14)25-5-4-18(10-20,17(25)27)12-2-3-12/h6-9,12H,2-5H2,1H3/t18-/m1/s1. The van der Waals surface area contributed by atoms with Crippen LogP contribution in [0.1, 0.15) is 19.3 Å². The molecular weight excluding hydrogens is 366 g/mol. The zero-order valence-electron chi connectivity index (χ0n) is 14.6. The van der Waals surface area contributed by atoms with Gasteiger partial charge in [-0.2, -0.15) is 15.5 Å². The van der Waals surface area contributed by atoms with Gasteiger partial charge in [-0.25, -0.2) is 9.50 Å². The molecule has 1 atom stereocenters. The molecule has 2 aliphatic rings. The van der Waals surface area contributed by atoms with E-state index in [9.17, 15) is 10.1 Å². The van der Waals surface area contributed by atoms with Crippen molar-refractivity contribution in [3.8, 4) is 17.3 Å². The molecule has 9 heteroatoms. The molecule has 0 aromatic carbocycles. The summed E-state index contributed by atoms with van der Waals surface area (Å²) in [6.45, 7) is 0.448. The van der Waals surface area contributed by atoms with E-state index in [0.717, 1.165) is 18.4 Å². The maximum atomic E-state index is 13.2. The highest BCUT2D eigenvalue weighted by Gasteiger charge is 2.57. The van der Waals surface area contributed by atoms with Crippen molar-refractivity contribution >= 4 is 28.8 Å². The summed E-state index contributed by atoms with van der Waals surface area (Å²) in [5, 5.41) is 18.6. The number of carbonyl (C=O) groups excluding carboxylic acids is 1. The van der Waals surface area contributed by atoms with Gasteiger partial charge < -0.3 is 0 Å². The van der Waals surface area contributed by atoms with Crippen LogP contribution in [0.2, 0.25) is 5.02 Å². The quantitative estimate of drug-likeness (QED) is 0.694. The van der Waals surface area contributed by atoms with Gasteiger partial charge in [0.1, 0.15) is 10.9 Å². The molecule has 0 spiro atoms. The second-order valence-electron chi connectivity index (χ2n) is 7.20. The number of rotatable bonds is 3. The molecule has 3 aromatic heterocycles. The first-order chi connectivity index (χ1) is 13.0. The van der Waals surface area contributed by atoms with E-state index in [0.29, 0.717) is 35.0 Å². The minimum absolute atomic E-state index is 0.151. The van der Waals surface area contributed by atoms with E-state index < -0.39 is 5.41 Å². The minimum atomic E-state index is -0.935. The number of aromatic nitrogens is 5. The summed E-state index contributed by atoms with van der Waals surface area (Å²) in [5.74, 6) is 0.419. The third kappa shape index (κ3) is 2.28. The number of anilines is 1. The fourth-order valence-electron chi connectivity index (χ4n) is 3.93. The lowest BCUT2D eigenvalue weighted by Crippen LogP contribution is -2.36. The van der Waals surface area contributed by atoms with Gasteiger partial charge >= 0.3 is 0 Å². The number of halogens is 1. The maximum Gasteiger partial charge on any atom is 0.249 e. The number of hydrogen-bond donors (Lipinski definition) is 0. The van der Waals surface area contributed by atoms with Gasteiger partial charge in [-0.05, 0) is 25.2 Å². The van der Waals surface area contributed by atoms with Crippen molar-refractivity contribution in [2.75, 3.05) is 11.4 Å². The van der Waals surface area contributed by atoms with Gasteiger partial charge in [0, 0.05) is 25.4 Å². The Morgan fingerprint density at radius 3 is 2.78 bits per heavy atom. The average Bonchev–Trinajstić information content (AvgIpc) is 3.19. The summed E-state index contributed by atoms with van der Waals surface area (Å²) in [5.41, 5.74) is 1.09. The molecule has 1 saturated heterocycles. The smallest absolute Gasteiger partial charge is 0.249 e. The molecule has 3 aromatic rings. The molecule has 27 heavy (non-hydrogen) atoms. The van der Waals surface area contributed by atoms with Gasteiger partial charge in [0.25, 0.3) is 0 Å². The van der Waals surface area contributed by atoms with Crippen molar-refractivity contribution in [2.45, 2.75) is 19.3 Å². The van der Waals surface area contributed by atoms with Crippen LogP contribution in [-0.4, -0.2) is 36.8 Å². The molecule has 4 heterocycles. The molecule has 136 valence electrons.